The summed E-state index contributed by atoms with van der Waals surface area (Å²) in [5.41, 5.74) is 4.61. The van der Waals surface area contributed by atoms with Crippen molar-refractivity contribution in [3.05, 3.63) is 0 Å². The molecule has 0 aromatic rings. The van der Waals surface area contributed by atoms with E-state index in [2.05, 4.69) is 5.32 Å². The first-order valence-electron chi connectivity index (χ1n) is 3.44. The van der Waals surface area contributed by atoms with E-state index in [1.807, 2.05) is 13.8 Å². The van der Waals surface area contributed by atoms with Gasteiger partial charge in [-0.25, -0.2) is 0 Å². The zero-order chi connectivity index (χ0) is 8.36. The Morgan fingerprint density at radius 1 is 1.60 bits per heavy atom. The number of carbonyl (C=O) groups is 1. The van der Waals surface area contributed by atoms with Crippen LogP contribution in [0, 0.1) is 5.92 Å². The third kappa shape index (κ3) is 1.48. The molecule has 3 nitrogen and oxygen atoms in total. The normalized spacial score (nSPS) is 16.9. The third-order valence-electron chi connectivity index (χ3n) is 2.19. The number of rotatable bonds is 3. The van der Waals surface area contributed by atoms with Crippen molar-refractivity contribution in [3.8, 4) is 0 Å². The van der Waals surface area contributed by atoms with Crippen LogP contribution in [0.4, 0.5) is 0 Å². The lowest BCUT2D eigenvalue weighted by Crippen LogP contribution is -2.55. The molecule has 0 spiro atoms. The van der Waals surface area contributed by atoms with E-state index < -0.39 is 5.54 Å². The average molecular weight is 144 g/mol. The van der Waals surface area contributed by atoms with Crippen LogP contribution < -0.4 is 11.1 Å². The van der Waals surface area contributed by atoms with Gasteiger partial charge in [0.25, 0.3) is 0 Å². The Labute approximate surface area is 62.0 Å². The largest absolute Gasteiger partial charge is 0.368 e. The van der Waals surface area contributed by atoms with E-state index in [9.17, 15) is 4.79 Å². The minimum absolute atomic E-state index is 0.218. The van der Waals surface area contributed by atoms with Crippen molar-refractivity contribution in [1.29, 1.82) is 0 Å². The first kappa shape index (κ1) is 9.43. The van der Waals surface area contributed by atoms with Crippen LogP contribution in [0.15, 0.2) is 0 Å². The molecule has 0 heterocycles. The van der Waals surface area contributed by atoms with Crippen molar-refractivity contribution in [3.63, 3.8) is 0 Å². The number of nitrogens with two attached hydrogens (primary N) is 1. The minimum Gasteiger partial charge on any atom is -0.368 e. The topological polar surface area (TPSA) is 55.1 Å². The van der Waals surface area contributed by atoms with Gasteiger partial charge in [-0.2, -0.15) is 0 Å². The zero-order valence-electron chi connectivity index (χ0n) is 7.06. The maximum atomic E-state index is 10.9. The Balaban J connectivity index is 4.38. The molecule has 3 heteroatoms. The molecule has 0 aliphatic carbocycles. The highest BCUT2D eigenvalue weighted by Crippen LogP contribution is 2.14. The molecular weight excluding hydrogens is 128 g/mol. The molecule has 0 saturated carbocycles. The molecule has 0 bridgehead atoms. The maximum absolute atomic E-state index is 10.9. The fourth-order valence-electron chi connectivity index (χ4n) is 0.696. The molecule has 0 aromatic carbocycles. The van der Waals surface area contributed by atoms with Gasteiger partial charge in [-0.15, -0.1) is 0 Å². The highest BCUT2D eigenvalue weighted by atomic mass is 16.1. The van der Waals surface area contributed by atoms with E-state index >= 15 is 0 Å². The summed E-state index contributed by atoms with van der Waals surface area (Å²) in [5.74, 6) is -0.0833. The van der Waals surface area contributed by atoms with Gasteiger partial charge in [-0.3, -0.25) is 4.79 Å². The van der Waals surface area contributed by atoms with Gasteiger partial charge in [0.15, 0.2) is 0 Å². The highest BCUT2D eigenvalue weighted by Gasteiger charge is 2.32. The summed E-state index contributed by atoms with van der Waals surface area (Å²) in [6.07, 6.45) is 0. The van der Waals surface area contributed by atoms with E-state index in [0.29, 0.717) is 0 Å². The lowest BCUT2D eigenvalue weighted by atomic mass is 9.88. The van der Waals surface area contributed by atoms with Crippen molar-refractivity contribution >= 4 is 5.91 Å². The fourth-order valence-corrected chi connectivity index (χ4v) is 0.696. The van der Waals surface area contributed by atoms with E-state index in [4.69, 9.17) is 5.73 Å². The molecule has 0 aromatic heterocycles. The number of hydrogen-bond donors (Lipinski definition) is 2. The van der Waals surface area contributed by atoms with E-state index in [1.54, 1.807) is 14.0 Å². The van der Waals surface area contributed by atoms with Crippen molar-refractivity contribution < 1.29 is 4.79 Å². The first-order valence-corrected chi connectivity index (χ1v) is 3.44. The smallest absolute Gasteiger partial charge is 0.237 e. The summed E-state index contributed by atoms with van der Waals surface area (Å²) in [5, 5.41) is 2.90. The molecule has 3 N–H and O–H groups in total. The molecule has 0 saturated heterocycles. The molecule has 1 amide bonds. The van der Waals surface area contributed by atoms with Crippen LogP contribution in [0.2, 0.25) is 0 Å². The van der Waals surface area contributed by atoms with Crippen molar-refractivity contribution in [2.75, 3.05) is 7.05 Å². The number of amides is 1. The van der Waals surface area contributed by atoms with Gasteiger partial charge in [0.05, 0.1) is 5.54 Å². The molecule has 0 unspecified atom stereocenters. The Morgan fingerprint density at radius 3 is 2.00 bits per heavy atom. The van der Waals surface area contributed by atoms with Gasteiger partial charge in [-0.1, -0.05) is 13.8 Å². The van der Waals surface area contributed by atoms with E-state index in [1.165, 1.54) is 0 Å². The number of nitrogens with one attached hydrogen (secondary N) is 1. The van der Waals surface area contributed by atoms with Crippen molar-refractivity contribution in [2.45, 2.75) is 26.3 Å². The predicted octanol–water partition coefficient (Wildman–Crippen LogP) is 0.106. The lowest BCUT2D eigenvalue weighted by molar-refractivity contribution is -0.125. The lowest BCUT2D eigenvalue weighted by Gasteiger charge is -2.29. The zero-order valence-corrected chi connectivity index (χ0v) is 7.06. The molecule has 60 valence electrons. The average Bonchev–Trinajstić information content (AvgIpc) is 1.85. The molecule has 0 radical (unpaired) electrons. The van der Waals surface area contributed by atoms with Crippen LogP contribution >= 0.6 is 0 Å². The molecule has 0 aliphatic rings. The van der Waals surface area contributed by atoms with Crippen LogP contribution in [0.1, 0.15) is 20.8 Å². The fraction of sp³-hybridized carbons (Fsp3) is 0.857. The van der Waals surface area contributed by atoms with Gasteiger partial charge in [-0.05, 0) is 19.9 Å². The first-order chi connectivity index (χ1) is 4.45. The molecular formula is C7H16N2O. The Morgan fingerprint density at radius 2 is 2.00 bits per heavy atom. The number of primary amides is 1. The summed E-state index contributed by atoms with van der Waals surface area (Å²) in [6, 6.07) is 0. The van der Waals surface area contributed by atoms with E-state index in [0.717, 1.165) is 0 Å². The van der Waals surface area contributed by atoms with Crippen LogP contribution in [0.5, 0.6) is 0 Å². The predicted molar refractivity (Wildman–Crippen MR) is 41.5 cm³/mol. The van der Waals surface area contributed by atoms with Crippen LogP contribution in [-0.4, -0.2) is 18.5 Å². The monoisotopic (exact) mass is 144 g/mol. The summed E-state index contributed by atoms with van der Waals surface area (Å²) in [6.45, 7) is 5.72. The second-order valence-corrected chi connectivity index (χ2v) is 2.97. The van der Waals surface area contributed by atoms with Gasteiger partial charge >= 0.3 is 0 Å². The summed E-state index contributed by atoms with van der Waals surface area (Å²) in [4.78, 5) is 10.9. The second-order valence-electron chi connectivity index (χ2n) is 2.97. The maximum Gasteiger partial charge on any atom is 0.237 e. The molecule has 1 atom stereocenters. The second kappa shape index (κ2) is 3.01. The highest BCUT2D eigenvalue weighted by molar-refractivity contribution is 5.84. The molecule has 0 rings (SSSR count). The number of likely N-dealkylation sites (N-methyl/N-ethyl adjacent to an activating group) is 1. The quantitative estimate of drug-likeness (QED) is 0.590. The summed E-state index contributed by atoms with van der Waals surface area (Å²) < 4.78 is 0. The van der Waals surface area contributed by atoms with Crippen molar-refractivity contribution in [2.24, 2.45) is 11.7 Å². The van der Waals surface area contributed by atoms with Gasteiger partial charge < -0.3 is 11.1 Å². The molecule has 10 heavy (non-hydrogen) atoms. The minimum atomic E-state index is -0.569. The van der Waals surface area contributed by atoms with Gasteiger partial charge in [0.2, 0.25) is 5.91 Å². The van der Waals surface area contributed by atoms with E-state index in [-0.39, 0.29) is 11.8 Å². The Hall–Kier alpha value is -0.570. The third-order valence-corrected chi connectivity index (χ3v) is 2.19. The van der Waals surface area contributed by atoms with Gasteiger partial charge in [0, 0.05) is 0 Å². The summed E-state index contributed by atoms with van der Waals surface area (Å²) >= 11 is 0. The van der Waals surface area contributed by atoms with Gasteiger partial charge in [0.1, 0.15) is 0 Å². The molecule has 0 fully saturated rings. The SMILES string of the molecule is CN[C@](C)(C(N)=O)C(C)C. The van der Waals surface area contributed by atoms with Crippen molar-refractivity contribution in [1.82, 2.24) is 5.32 Å². The number of hydrogen-bond acceptors (Lipinski definition) is 2. The molecule has 0 aliphatic heterocycles. The van der Waals surface area contributed by atoms with Crippen LogP contribution in [0.25, 0.3) is 0 Å². The van der Waals surface area contributed by atoms with Crippen LogP contribution in [0.3, 0.4) is 0 Å². The standard InChI is InChI=1S/C7H16N2O/c1-5(2)7(3,9-4)6(8)10/h5,9H,1-4H3,(H2,8,10)/t7-/m0/s1. The Bertz CT molecular complexity index is 134. The number of carbonyl (C=O) groups excluding carboxylic acids is 1. The van der Waals surface area contributed by atoms with Crippen LogP contribution in [-0.2, 0) is 4.79 Å². The summed E-state index contributed by atoms with van der Waals surface area (Å²) in [7, 11) is 1.74. The Kier molecular flexibility index (Phi) is 2.84.